The first-order chi connectivity index (χ1) is 24.1. The van der Waals surface area contributed by atoms with E-state index in [4.69, 9.17) is 9.47 Å². The highest BCUT2D eigenvalue weighted by atomic mass is 32.2. The lowest BCUT2D eigenvalue weighted by Crippen LogP contribution is -2.30. The van der Waals surface area contributed by atoms with E-state index in [2.05, 4.69) is 20.9 Å². The molecule has 0 saturated heterocycles. The summed E-state index contributed by atoms with van der Waals surface area (Å²) in [5, 5.41) is 21.2. The number of ether oxygens (including phenoxy) is 2. The van der Waals surface area contributed by atoms with Gasteiger partial charge in [-0.1, -0.05) is 18.2 Å². The number of nitro groups is 1. The number of methoxy groups -OCH3 is 2. The first-order valence-electron chi connectivity index (χ1n) is 15.0. The van der Waals surface area contributed by atoms with Crippen molar-refractivity contribution in [2.24, 2.45) is 0 Å². The molecule has 1 heterocycles. The minimum Gasteiger partial charge on any atom is -0.493 e. The average Bonchev–Trinajstić information content (AvgIpc) is 3.60. The second-order valence-corrected chi connectivity index (χ2v) is 12.8. The first-order valence-corrected chi connectivity index (χ1v) is 16.8. The highest BCUT2D eigenvalue weighted by molar-refractivity contribution is 8.00. The first kappa shape index (κ1) is 35.3. The van der Waals surface area contributed by atoms with Crippen LogP contribution >= 0.6 is 23.1 Å². The van der Waals surface area contributed by atoms with Crippen molar-refractivity contribution >= 4 is 63.4 Å². The van der Waals surface area contributed by atoms with Crippen molar-refractivity contribution in [1.82, 2.24) is 10.3 Å². The van der Waals surface area contributed by atoms with Crippen molar-refractivity contribution in [1.29, 1.82) is 0 Å². The van der Waals surface area contributed by atoms with Crippen LogP contribution in [0.1, 0.15) is 22.8 Å². The van der Waals surface area contributed by atoms with Gasteiger partial charge in [0.1, 0.15) is 5.70 Å². The molecule has 0 radical (unpaired) electrons. The number of non-ortho nitro benzene ring substituents is 1. The molecular formula is C36H31N5O7S2. The molecule has 5 aromatic rings. The molecule has 0 fully saturated rings. The maximum absolute atomic E-state index is 13.4. The number of carbonyl (C=O) groups is 3. The lowest BCUT2D eigenvalue weighted by Gasteiger charge is -2.13. The molecule has 0 saturated carbocycles. The summed E-state index contributed by atoms with van der Waals surface area (Å²) in [5.41, 5.74) is 2.62. The zero-order chi connectivity index (χ0) is 35.6. The number of hydrogen-bond donors (Lipinski definition) is 3. The zero-order valence-corrected chi connectivity index (χ0v) is 28.7. The molecule has 12 nitrogen and oxygen atoms in total. The van der Waals surface area contributed by atoms with Gasteiger partial charge in [-0.3, -0.25) is 24.5 Å². The number of aromatic nitrogens is 1. The summed E-state index contributed by atoms with van der Waals surface area (Å²) in [4.78, 5) is 55.1. The van der Waals surface area contributed by atoms with Crippen molar-refractivity contribution in [2.75, 3.05) is 24.9 Å². The maximum atomic E-state index is 13.4. The summed E-state index contributed by atoms with van der Waals surface area (Å²) in [6.07, 6.45) is 1.43. The molecule has 254 valence electrons. The van der Waals surface area contributed by atoms with E-state index in [1.54, 1.807) is 81.8 Å². The molecule has 0 aliphatic heterocycles. The fourth-order valence-electron chi connectivity index (χ4n) is 4.54. The smallest absolute Gasteiger partial charge is 0.272 e. The number of anilines is 2. The fourth-order valence-corrected chi connectivity index (χ4v) is 6.13. The molecule has 0 spiro atoms. The van der Waals surface area contributed by atoms with Crippen LogP contribution in [-0.2, 0) is 9.59 Å². The van der Waals surface area contributed by atoms with Crippen molar-refractivity contribution in [2.45, 2.75) is 17.1 Å². The van der Waals surface area contributed by atoms with E-state index in [1.165, 1.54) is 53.4 Å². The largest absolute Gasteiger partial charge is 0.493 e. The highest BCUT2D eigenvalue weighted by Crippen LogP contribution is 2.34. The van der Waals surface area contributed by atoms with E-state index in [-0.39, 0.29) is 17.3 Å². The minimum absolute atomic E-state index is 0.0621. The van der Waals surface area contributed by atoms with Crippen LogP contribution in [0.15, 0.2) is 113 Å². The highest BCUT2D eigenvalue weighted by Gasteiger charge is 2.19. The van der Waals surface area contributed by atoms with E-state index in [1.807, 2.05) is 17.5 Å². The monoisotopic (exact) mass is 709 g/mol. The molecule has 4 aromatic carbocycles. The molecule has 0 aliphatic rings. The lowest BCUT2D eigenvalue weighted by molar-refractivity contribution is -0.384. The molecule has 1 aromatic heterocycles. The van der Waals surface area contributed by atoms with Gasteiger partial charge in [-0.15, -0.1) is 23.1 Å². The third-order valence-corrected chi connectivity index (χ3v) is 9.02. The van der Waals surface area contributed by atoms with Crippen LogP contribution in [0.5, 0.6) is 11.5 Å². The second-order valence-electron chi connectivity index (χ2n) is 10.6. The van der Waals surface area contributed by atoms with Gasteiger partial charge in [0.2, 0.25) is 5.91 Å². The van der Waals surface area contributed by atoms with Crippen molar-refractivity contribution in [3.63, 3.8) is 0 Å². The van der Waals surface area contributed by atoms with Crippen LogP contribution in [0.4, 0.5) is 16.5 Å². The number of amides is 3. The van der Waals surface area contributed by atoms with Gasteiger partial charge >= 0.3 is 0 Å². The number of rotatable bonds is 13. The Hall–Kier alpha value is -5.99. The van der Waals surface area contributed by atoms with Gasteiger partial charge in [-0.2, -0.15) is 0 Å². The molecule has 0 aliphatic carbocycles. The van der Waals surface area contributed by atoms with Crippen molar-refractivity contribution in [3.8, 4) is 22.8 Å². The zero-order valence-electron chi connectivity index (χ0n) is 27.0. The standard InChI is InChI=1S/C36H31N5O7S2/c1-22(33(42)40-36-39-30(21-49-36)25-11-18-31(47-2)32(20-25)48-3)50-28-16-12-26(13-17-28)37-35(44)29(38-34(43)24-7-5-4-6-8-24)19-23-9-14-27(15-10-23)41(45)46/h4-22H,1-3H3,(H,37,44)(H,38,43)(H,39,40,42)/b29-19-. The van der Waals surface area contributed by atoms with Gasteiger partial charge in [-0.25, -0.2) is 4.98 Å². The molecule has 14 heteroatoms. The molecule has 0 bridgehead atoms. The van der Waals surface area contributed by atoms with Gasteiger partial charge in [0.25, 0.3) is 17.5 Å². The van der Waals surface area contributed by atoms with Crippen molar-refractivity contribution < 1.29 is 28.8 Å². The SMILES string of the molecule is COc1ccc(-c2csc(NC(=O)C(C)Sc3ccc(NC(=O)/C(=C/c4ccc([N+](=O)[O-])cc4)NC(=O)c4ccccc4)cc3)n2)cc1OC. The molecule has 3 amide bonds. The summed E-state index contributed by atoms with van der Waals surface area (Å²) in [6.45, 7) is 1.78. The van der Waals surface area contributed by atoms with E-state index in [9.17, 15) is 24.5 Å². The Morgan fingerprint density at radius 2 is 1.60 bits per heavy atom. The number of nitrogens with zero attached hydrogens (tertiary/aromatic N) is 2. The van der Waals surface area contributed by atoms with Crippen LogP contribution in [0.3, 0.4) is 0 Å². The minimum atomic E-state index is -0.600. The molecule has 1 atom stereocenters. The second kappa shape index (κ2) is 16.4. The number of hydrogen-bond acceptors (Lipinski definition) is 10. The molecule has 3 N–H and O–H groups in total. The number of thiazole rings is 1. The van der Waals surface area contributed by atoms with Gasteiger partial charge in [0, 0.05) is 39.2 Å². The summed E-state index contributed by atoms with van der Waals surface area (Å²) in [7, 11) is 3.13. The number of nitro benzene ring substituents is 1. The molecular weight excluding hydrogens is 679 g/mol. The molecule has 50 heavy (non-hydrogen) atoms. The maximum Gasteiger partial charge on any atom is 0.272 e. The van der Waals surface area contributed by atoms with Crippen LogP contribution < -0.4 is 25.4 Å². The Balaban J connectivity index is 1.22. The van der Waals surface area contributed by atoms with Crippen LogP contribution in [-0.4, -0.2) is 47.1 Å². The lowest BCUT2D eigenvalue weighted by atomic mass is 10.1. The Kier molecular flexibility index (Phi) is 11.6. The quantitative estimate of drug-likeness (QED) is 0.0494. The predicted octanol–water partition coefficient (Wildman–Crippen LogP) is 7.26. The third kappa shape index (κ3) is 9.12. The molecule has 1 unspecified atom stereocenters. The van der Waals surface area contributed by atoms with E-state index < -0.39 is 22.0 Å². The Morgan fingerprint density at radius 3 is 2.26 bits per heavy atom. The number of thioether (sulfide) groups is 1. The summed E-state index contributed by atoms with van der Waals surface area (Å²) < 4.78 is 10.7. The average molecular weight is 710 g/mol. The summed E-state index contributed by atoms with van der Waals surface area (Å²) in [6, 6.07) is 26.4. The van der Waals surface area contributed by atoms with E-state index in [0.29, 0.717) is 39.1 Å². The topological polar surface area (TPSA) is 162 Å². The van der Waals surface area contributed by atoms with Crippen LogP contribution in [0.2, 0.25) is 0 Å². The van der Waals surface area contributed by atoms with E-state index >= 15 is 0 Å². The third-order valence-electron chi connectivity index (χ3n) is 7.15. The van der Waals surface area contributed by atoms with E-state index in [0.717, 1.165) is 10.5 Å². The number of carbonyl (C=O) groups excluding carboxylic acids is 3. The van der Waals surface area contributed by atoms with Crippen LogP contribution in [0, 0.1) is 10.1 Å². The Labute approximate surface area is 295 Å². The Morgan fingerprint density at radius 1 is 0.900 bits per heavy atom. The normalized spacial score (nSPS) is 11.6. The predicted molar refractivity (Wildman–Crippen MR) is 195 cm³/mol. The van der Waals surface area contributed by atoms with Gasteiger partial charge in [0.05, 0.1) is 30.1 Å². The fraction of sp³-hybridized carbons (Fsp3) is 0.111. The van der Waals surface area contributed by atoms with Crippen LogP contribution in [0.25, 0.3) is 17.3 Å². The van der Waals surface area contributed by atoms with Crippen molar-refractivity contribution in [3.05, 3.63) is 129 Å². The molecule has 5 rings (SSSR count). The number of benzene rings is 4. The van der Waals surface area contributed by atoms with Gasteiger partial charge in [0.15, 0.2) is 16.6 Å². The van der Waals surface area contributed by atoms with Gasteiger partial charge < -0.3 is 25.4 Å². The summed E-state index contributed by atoms with van der Waals surface area (Å²) in [5.74, 6) is -0.140. The number of nitrogens with one attached hydrogen (secondary N) is 3. The summed E-state index contributed by atoms with van der Waals surface area (Å²) >= 11 is 2.64. The van der Waals surface area contributed by atoms with Gasteiger partial charge in [-0.05, 0) is 85.3 Å². The Bertz CT molecular complexity index is 2030.